The van der Waals surface area contributed by atoms with E-state index in [0.29, 0.717) is 5.95 Å². The van der Waals surface area contributed by atoms with E-state index in [-0.39, 0.29) is 0 Å². The van der Waals surface area contributed by atoms with Gasteiger partial charge in [-0.3, -0.25) is 4.57 Å². The fourth-order valence-corrected chi connectivity index (χ4v) is 9.65. The third-order valence-corrected chi connectivity index (χ3v) is 11.6. The molecular weight excluding hydrogens is 603 g/mol. The lowest BCUT2D eigenvalue weighted by Gasteiger charge is -2.10. The van der Waals surface area contributed by atoms with Gasteiger partial charge in [0.25, 0.3) is 0 Å². The molecule has 11 aromatic rings. The Balaban J connectivity index is 1.30. The molecule has 0 spiro atoms. The molecule has 5 heterocycles. The molecule has 0 fully saturated rings. The summed E-state index contributed by atoms with van der Waals surface area (Å²) in [6, 6.07) is 45.0. The molecule has 4 nitrogen and oxygen atoms in total. The summed E-state index contributed by atoms with van der Waals surface area (Å²) in [7, 11) is 0. The highest BCUT2D eigenvalue weighted by Crippen LogP contribution is 2.45. The smallest absolute Gasteiger partial charge is 0.235 e. The SMILES string of the molecule is c1ccc2c(c1)oc1c(-c3nc(-n4c5ccccc5c5c6sc7ccccc7c6ccc54)nc4c3sc3ccccc34)cccc12. The molecule has 0 unspecified atom stereocenters. The number of benzene rings is 6. The largest absolute Gasteiger partial charge is 0.455 e. The lowest BCUT2D eigenvalue weighted by molar-refractivity contribution is 0.670. The summed E-state index contributed by atoms with van der Waals surface area (Å²) in [5.74, 6) is 0.658. The van der Waals surface area contributed by atoms with Crippen LogP contribution in [0.3, 0.4) is 0 Å². The summed E-state index contributed by atoms with van der Waals surface area (Å²) in [5, 5.41) is 8.36. The number of hydrogen-bond acceptors (Lipinski definition) is 5. The van der Waals surface area contributed by atoms with Crippen LogP contribution in [-0.2, 0) is 0 Å². The van der Waals surface area contributed by atoms with E-state index in [1.54, 1.807) is 11.3 Å². The Hall–Kier alpha value is -5.56. The van der Waals surface area contributed by atoms with Crippen LogP contribution in [0.25, 0.3) is 101 Å². The molecule has 0 atom stereocenters. The zero-order valence-electron chi connectivity index (χ0n) is 24.2. The number of rotatable bonds is 2. The van der Waals surface area contributed by atoms with Crippen LogP contribution in [0.4, 0.5) is 0 Å². The molecule has 5 aromatic heterocycles. The molecule has 0 bridgehead atoms. The van der Waals surface area contributed by atoms with Gasteiger partial charge in [0.15, 0.2) is 0 Å². The van der Waals surface area contributed by atoms with Crippen LogP contribution in [0, 0.1) is 0 Å². The normalized spacial score (nSPS) is 12.3. The van der Waals surface area contributed by atoms with E-state index >= 15 is 0 Å². The molecule has 0 aliphatic rings. The van der Waals surface area contributed by atoms with Crippen LogP contribution in [0.5, 0.6) is 0 Å². The van der Waals surface area contributed by atoms with Gasteiger partial charge in [-0.2, -0.15) is 0 Å². The first-order chi connectivity index (χ1) is 22.8. The second-order valence-electron chi connectivity index (χ2n) is 11.7. The lowest BCUT2D eigenvalue weighted by atomic mass is 10.1. The third-order valence-electron chi connectivity index (χ3n) is 9.25. The molecule has 6 heteroatoms. The number of fused-ring (bicyclic) bond motifs is 13. The first-order valence-corrected chi connectivity index (χ1v) is 16.9. The van der Waals surface area contributed by atoms with Crippen LogP contribution >= 0.6 is 22.7 Å². The quantitative estimate of drug-likeness (QED) is 0.192. The maximum absolute atomic E-state index is 6.55. The van der Waals surface area contributed by atoms with Crippen molar-refractivity contribution < 1.29 is 4.42 Å². The summed E-state index contributed by atoms with van der Waals surface area (Å²) in [5.41, 5.74) is 6.74. The first-order valence-electron chi connectivity index (χ1n) is 15.3. The predicted molar refractivity (Wildman–Crippen MR) is 195 cm³/mol. The van der Waals surface area contributed by atoms with Gasteiger partial charge in [0.2, 0.25) is 5.95 Å². The average molecular weight is 624 g/mol. The zero-order chi connectivity index (χ0) is 29.9. The van der Waals surface area contributed by atoms with Gasteiger partial charge in [-0.05, 0) is 36.4 Å². The molecule has 11 rings (SSSR count). The van der Waals surface area contributed by atoms with Gasteiger partial charge in [0.1, 0.15) is 11.2 Å². The van der Waals surface area contributed by atoms with Crippen LogP contribution < -0.4 is 0 Å². The van der Waals surface area contributed by atoms with Crippen LogP contribution in [0.2, 0.25) is 0 Å². The van der Waals surface area contributed by atoms with Gasteiger partial charge < -0.3 is 4.42 Å². The number of furan rings is 1. The number of para-hydroxylation sites is 3. The van der Waals surface area contributed by atoms with Crippen molar-refractivity contribution in [2.24, 2.45) is 0 Å². The Morgan fingerprint density at radius 2 is 1.20 bits per heavy atom. The Kier molecular flexibility index (Phi) is 4.84. The zero-order valence-corrected chi connectivity index (χ0v) is 25.8. The van der Waals surface area contributed by atoms with Gasteiger partial charge in [-0.1, -0.05) is 91.0 Å². The maximum atomic E-state index is 6.55. The molecule has 0 saturated heterocycles. The molecule has 214 valence electrons. The van der Waals surface area contributed by atoms with Crippen molar-refractivity contribution in [2.45, 2.75) is 0 Å². The Morgan fingerprint density at radius 3 is 2.09 bits per heavy atom. The number of thiophene rings is 2. The summed E-state index contributed by atoms with van der Waals surface area (Å²) in [6.45, 7) is 0. The topological polar surface area (TPSA) is 43.9 Å². The van der Waals surface area contributed by atoms with Crippen molar-refractivity contribution in [1.82, 2.24) is 14.5 Å². The Morgan fingerprint density at radius 1 is 0.500 bits per heavy atom. The van der Waals surface area contributed by atoms with E-state index in [2.05, 4.69) is 120 Å². The first kappa shape index (κ1) is 24.7. The molecule has 0 saturated carbocycles. The molecule has 46 heavy (non-hydrogen) atoms. The highest BCUT2D eigenvalue weighted by atomic mass is 32.1. The van der Waals surface area contributed by atoms with E-state index < -0.39 is 0 Å². The van der Waals surface area contributed by atoms with Crippen LogP contribution in [-0.4, -0.2) is 14.5 Å². The van der Waals surface area contributed by atoms with Crippen molar-refractivity contribution in [1.29, 1.82) is 0 Å². The van der Waals surface area contributed by atoms with E-state index in [1.165, 1.54) is 35.6 Å². The van der Waals surface area contributed by atoms with E-state index in [1.807, 2.05) is 23.5 Å². The highest BCUT2D eigenvalue weighted by Gasteiger charge is 2.23. The van der Waals surface area contributed by atoms with E-state index in [9.17, 15) is 0 Å². The molecule has 0 amide bonds. The lowest BCUT2D eigenvalue weighted by Crippen LogP contribution is -2.02. The number of nitrogens with zero attached hydrogens (tertiary/aromatic N) is 3. The van der Waals surface area contributed by atoms with Gasteiger partial charge in [-0.25, -0.2) is 9.97 Å². The number of hydrogen-bond donors (Lipinski definition) is 0. The van der Waals surface area contributed by atoms with E-state index in [4.69, 9.17) is 14.4 Å². The van der Waals surface area contributed by atoms with Crippen molar-refractivity contribution in [3.63, 3.8) is 0 Å². The molecular formula is C40H21N3OS2. The molecule has 0 aliphatic heterocycles. The molecule has 6 aromatic carbocycles. The fourth-order valence-electron chi connectivity index (χ4n) is 7.25. The van der Waals surface area contributed by atoms with Gasteiger partial charge >= 0.3 is 0 Å². The second kappa shape index (κ2) is 9.01. The molecule has 0 N–H and O–H groups in total. The van der Waals surface area contributed by atoms with Gasteiger partial charge in [0, 0.05) is 57.4 Å². The van der Waals surface area contributed by atoms with Crippen molar-refractivity contribution in [2.75, 3.05) is 0 Å². The fraction of sp³-hybridized carbons (Fsp3) is 0. The Labute approximate surface area is 269 Å². The monoisotopic (exact) mass is 623 g/mol. The van der Waals surface area contributed by atoms with Crippen LogP contribution in [0.1, 0.15) is 0 Å². The molecule has 0 aliphatic carbocycles. The summed E-state index contributed by atoms with van der Waals surface area (Å²) >= 11 is 3.60. The average Bonchev–Trinajstić information content (AvgIpc) is 3.86. The van der Waals surface area contributed by atoms with Gasteiger partial charge in [0.05, 0.1) is 26.9 Å². The standard InChI is InChI=1S/C40H21N3OS2/c1-5-16-29-26(12-1)34-30(21-20-25-23-11-3-7-18-32(23)45-38(25)34)43(29)40-41-35-27-13-4-8-19-33(27)46-39(35)36(42-40)28-15-9-14-24-22-10-2-6-17-31(22)44-37(24)28/h1-21H. The summed E-state index contributed by atoms with van der Waals surface area (Å²) in [4.78, 5) is 10.8. The van der Waals surface area contributed by atoms with Gasteiger partial charge in [-0.15, -0.1) is 22.7 Å². The third kappa shape index (κ3) is 3.22. The van der Waals surface area contributed by atoms with Crippen molar-refractivity contribution in [3.8, 4) is 17.2 Å². The van der Waals surface area contributed by atoms with Crippen molar-refractivity contribution in [3.05, 3.63) is 127 Å². The predicted octanol–water partition coefficient (Wildman–Crippen LogP) is 11.9. The van der Waals surface area contributed by atoms with Crippen LogP contribution in [0.15, 0.2) is 132 Å². The second-order valence-corrected chi connectivity index (χ2v) is 13.8. The number of aromatic nitrogens is 3. The highest BCUT2D eigenvalue weighted by molar-refractivity contribution is 7.27. The minimum atomic E-state index is 0.658. The van der Waals surface area contributed by atoms with Crippen molar-refractivity contribution >= 4 is 107 Å². The Bertz CT molecular complexity index is 3050. The van der Waals surface area contributed by atoms with E-state index in [0.717, 1.165) is 59.8 Å². The maximum Gasteiger partial charge on any atom is 0.235 e. The summed E-state index contributed by atoms with van der Waals surface area (Å²) in [6.07, 6.45) is 0. The summed E-state index contributed by atoms with van der Waals surface area (Å²) < 4.78 is 13.6. The minimum absolute atomic E-state index is 0.658. The minimum Gasteiger partial charge on any atom is -0.455 e. The molecule has 0 radical (unpaired) electrons.